The van der Waals surface area contributed by atoms with Crippen molar-refractivity contribution in [2.24, 2.45) is 5.92 Å². The van der Waals surface area contributed by atoms with Crippen molar-refractivity contribution in [2.75, 3.05) is 12.4 Å². The van der Waals surface area contributed by atoms with Crippen molar-refractivity contribution < 1.29 is 0 Å². The van der Waals surface area contributed by atoms with Gasteiger partial charge in [0, 0.05) is 18.7 Å². The van der Waals surface area contributed by atoms with Gasteiger partial charge in [0.2, 0.25) is 0 Å². The number of hydrogen-bond acceptors (Lipinski definition) is 3. The van der Waals surface area contributed by atoms with Crippen LogP contribution in [0.4, 0.5) is 5.82 Å². The van der Waals surface area contributed by atoms with Crippen molar-refractivity contribution in [3.05, 3.63) is 23.4 Å². The number of aryl methyl sites for hydroxylation is 2. The van der Waals surface area contributed by atoms with Crippen LogP contribution in [-0.2, 0) is 12.8 Å². The Bertz CT molecular complexity index is 467. The molecule has 0 bridgehead atoms. The zero-order valence-electron chi connectivity index (χ0n) is 11.9. The van der Waals surface area contributed by atoms with E-state index in [-0.39, 0.29) is 0 Å². The van der Waals surface area contributed by atoms with Crippen molar-refractivity contribution in [3.8, 4) is 5.97 Å². The molecule has 3 nitrogen and oxygen atoms in total. The van der Waals surface area contributed by atoms with Crippen molar-refractivity contribution in [1.29, 1.82) is 5.26 Å². The number of hydrogen-bond donors (Lipinski definition) is 1. The van der Waals surface area contributed by atoms with Crippen molar-refractivity contribution in [2.45, 2.75) is 45.2 Å². The van der Waals surface area contributed by atoms with Crippen LogP contribution in [0.2, 0.25) is 12.6 Å². The van der Waals surface area contributed by atoms with Gasteiger partial charge in [0.05, 0.1) is 0 Å². The molecule has 2 heterocycles. The molecule has 1 aliphatic heterocycles. The lowest BCUT2D eigenvalue weighted by Crippen LogP contribution is -2.05. The number of rotatable bonds is 5. The Kier molecular flexibility index (Phi) is 4.84. The highest BCUT2D eigenvalue weighted by molar-refractivity contribution is 6.67. The van der Waals surface area contributed by atoms with Gasteiger partial charge in [-0.1, -0.05) is 32.1 Å². The van der Waals surface area contributed by atoms with Crippen LogP contribution in [0.15, 0.2) is 12.1 Å². The summed E-state index contributed by atoms with van der Waals surface area (Å²) in [6.07, 6.45) is 6.59. The molecule has 0 aliphatic carbocycles. The van der Waals surface area contributed by atoms with E-state index in [0.717, 1.165) is 37.2 Å². The molecule has 1 N–H and O–H groups in total. The van der Waals surface area contributed by atoms with Gasteiger partial charge in [-0.3, -0.25) is 0 Å². The van der Waals surface area contributed by atoms with Crippen LogP contribution >= 0.6 is 0 Å². The minimum absolute atomic E-state index is 0.299. The van der Waals surface area contributed by atoms with E-state index < -0.39 is 0 Å². The van der Waals surface area contributed by atoms with Gasteiger partial charge in [-0.2, -0.15) is 0 Å². The molecule has 1 atom stereocenters. The third kappa shape index (κ3) is 3.50. The molecule has 4 heteroatoms. The average Bonchev–Trinajstić information content (AvgIpc) is 2.92. The third-order valence-corrected chi connectivity index (χ3v) is 4.19. The fraction of sp³-hybridized carbons (Fsp3) is 0.600. The highest BCUT2D eigenvalue weighted by Gasteiger charge is 2.27. The molecule has 0 amide bonds. The molecule has 0 aromatic carbocycles. The van der Waals surface area contributed by atoms with E-state index in [1.807, 2.05) is 7.05 Å². The zero-order valence-corrected chi connectivity index (χ0v) is 11.9. The fourth-order valence-electron chi connectivity index (χ4n) is 2.98. The summed E-state index contributed by atoms with van der Waals surface area (Å²) in [5.41, 5.74) is 2.44. The average molecular weight is 255 g/mol. The predicted molar refractivity (Wildman–Crippen MR) is 80.6 cm³/mol. The number of aromatic nitrogens is 1. The van der Waals surface area contributed by atoms with E-state index in [1.54, 1.807) is 0 Å². The van der Waals surface area contributed by atoms with Gasteiger partial charge in [-0.15, -0.1) is 0 Å². The van der Waals surface area contributed by atoms with E-state index in [2.05, 4.69) is 35.3 Å². The fourth-order valence-corrected chi connectivity index (χ4v) is 2.98. The molecule has 19 heavy (non-hydrogen) atoms. The van der Waals surface area contributed by atoms with E-state index in [4.69, 9.17) is 5.26 Å². The Balaban J connectivity index is 1.91. The Morgan fingerprint density at radius 1 is 1.53 bits per heavy atom. The van der Waals surface area contributed by atoms with Gasteiger partial charge >= 0.3 is 0 Å². The highest BCUT2D eigenvalue weighted by Crippen LogP contribution is 2.30. The largest absolute Gasteiger partial charge is 0.373 e. The maximum Gasteiger partial charge on any atom is 0.268 e. The van der Waals surface area contributed by atoms with E-state index >= 15 is 0 Å². The first kappa shape index (κ1) is 13.9. The summed E-state index contributed by atoms with van der Waals surface area (Å²) < 4.78 is 0. The molecule has 1 fully saturated rings. The minimum Gasteiger partial charge on any atom is -0.373 e. The smallest absolute Gasteiger partial charge is 0.268 e. The van der Waals surface area contributed by atoms with Gasteiger partial charge in [-0.25, -0.2) is 10.2 Å². The number of nitriles is 1. The van der Waals surface area contributed by atoms with Crippen LogP contribution in [0.1, 0.15) is 31.0 Å². The second kappa shape index (κ2) is 6.61. The molecule has 0 saturated carbocycles. The summed E-state index contributed by atoms with van der Waals surface area (Å²) in [4.78, 5) is 4.69. The summed E-state index contributed by atoms with van der Waals surface area (Å²) >= 11 is 0. The molecule has 100 valence electrons. The Morgan fingerprint density at radius 3 is 3.00 bits per heavy atom. The minimum atomic E-state index is 0.299. The van der Waals surface area contributed by atoms with Crippen molar-refractivity contribution >= 4 is 12.5 Å². The molecule has 0 spiro atoms. The molecule has 0 radical (unpaired) electrons. The maximum atomic E-state index is 8.92. The summed E-state index contributed by atoms with van der Waals surface area (Å²) in [5.74, 6) is 4.13. The molecular weight excluding hydrogens is 233 g/mol. The van der Waals surface area contributed by atoms with Gasteiger partial charge < -0.3 is 5.32 Å². The Hall–Kier alpha value is -1.50. The number of anilines is 1. The second-order valence-electron chi connectivity index (χ2n) is 5.46. The number of nitrogens with one attached hydrogen (secondary N) is 1. The molecule has 1 aromatic rings. The third-order valence-electron chi connectivity index (χ3n) is 4.19. The zero-order chi connectivity index (χ0) is 13.7. The normalized spacial score (nSPS) is 18.4. The summed E-state index contributed by atoms with van der Waals surface area (Å²) in [5, 5.41) is 12.1. The lowest BCUT2D eigenvalue weighted by Gasteiger charge is -2.11. The number of nitrogens with zero attached hydrogens (tertiary/aromatic N) is 2. The Labute approximate surface area is 116 Å². The van der Waals surface area contributed by atoms with E-state index in [0.29, 0.717) is 6.71 Å². The molecule has 1 saturated heterocycles. The van der Waals surface area contributed by atoms with Gasteiger partial charge in [-0.05, 0) is 36.8 Å². The lowest BCUT2D eigenvalue weighted by atomic mass is 9.50. The molecule has 2 rings (SSSR count). The van der Waals surface area contributed by atoms with E-state index in [9.17, 15) is 0 Å². The standard InChI is InChI=1S/C15H22BN3/c1-3-13-5-7-14(19-15(13)18-2)6-4-12-8-9-16(10-12)11-17/h5,7,12H,3-4,6,8-10H2,1-2H3,(H,18,19)/t12-/m1/s1. The first-order valence-corrected chi connectivity index (χ1v) is 7.33. The first-order valence-electron chi connectivity index (χ1n) is 7.33. The van der Waals surface area contributed by atoms with Crippen LogP contribution < -0.4 is 5.32 Å². The summed E-state index contributed by atoms with van der Waals surface area (Å²) in [6.45, 7) is 2.45. The highest BCUT2D eigenvalue weighted by atomic mass is 15.0. The lowest BCUT2D eigenvalue weighted by molar-refractivity contribution is 0.535. The summed E-state index contributed by atoms with van der Waals surface area (Å²) in [6, 6.07) is 4.33. The van der Waals surface area contributed by atoms with Crippen LogP contribution in [0.3, 0.4) is 0 Å². The molecule has 1 aromatic heterocycles. The van der Waals surface area contributed by atoms with Gasteiger partial charge in [0.25, 0.3) is 6.71 Å². The van der Waals surface area contributed by atoms with Crippen LogP contribution in [0.25, 0.3) is 0 Å². The van der Waals surface area contributed by atoms with Crippen LogP contribution in [0, 0.1) is 17.1 Å². The van der Waals surface area contributed by atoms with Crippen molar-refractivity contribution in [1.82, 2.24) is 4.98 Å². The van der Waals surface area contributed by atoms with Crippen LogP contribution in [0.5, 0.6) is 0 Å². The number of pyridine rings is 1. The SMILES string of the molecule is CCc1ccc(CC[C@@H]2CCB(C#N)C2)nc1NC. The maximum absolute atomic E-state index is 8.92. The topological polar surface area (TPSA) is 48.7 Å². The predicted octanol–water partition coefficient (Wildman–Crippen LogP) is 3.20. The van der Waals surface area contributed by atoms with Crippen molar-refractivity contribution in [3.63, 3.8) is 0 Å². The first-order chi connectivity index (χ1) is 9.26. The Morgan fingerprint density at radius 2 is 2.37 bits per heavy atom. The van der Waals surface area contributed by atoms with E-state index in [1.165, 1.54) is 24.1 Å². The monoisotopic (exact) mass is 255 g/mol. The quantitative estimate of drug-likeness (QED) is 0.822. The van der Waals surface area contributed by atoms with Crippen LogP contribution in [-0.4, -0.2) is 18.7 Å². The summed E-state index contributed by atoms with van der Waals surface area (Å²) in [7, 11) is 1.93. The van der Waals surface area contributed by atoms with Gasteiger partial charge in [0.1, 0.15) is 5.82 Å². The second-order valence-corrected chi connectivity index (χ2v) is 5.46. The molecule has 0 unspecified atom stereocenters. The van der Waals surface area contributed by atoms with Gasteiger partial charge in [0.15, 0.2) is 0 Å². The molecular formula is C15H22BN3. The molecule has 1 aliphatic rings.